The highest BCUT2D eigenvalue weighted by Gasteiger charge is 2.42. The highest BCUT2D eigenvalue weighted by atomic mass is 35.5. The average Bonchev–Trinajstić information content (AvgIpc) is 2.90. The SMILES string of the molecule is OC(Cc1ccc(F)cc1Cl)C1CCOC2(CCSC2)C1. The summed E-state index contributed by atoms with van der Waals surface area (Å²) < 4.78 is 19.1. The summed E-state index contributed by atoms with van der Waals surface area (Å²) in [4.78, 5) is 0. The molecule has 1 N–H and O–H groups in total. The highest BCUT2D eigenvalue weighted by molar-refractivity contribution is 7.99. The fourth-order valence-corrected chi connectivity index (χ4v) is 4.96. The van der Waals surface area contributed by atoms with Crippen LogP contribution in [-0.2, 0) is 11.2 Å². The van der Waals surface area contributed by atoms with Gasteiger partial charge in [-0.1, -0.05) is 17.7 Å². The maximum Gasteiger partial charge on any atom is 0.124 e. The molecular formula is C16H20ClFO2S. The van der Waals surface area contributed by atoms with Gasteiger partial charge in [0.15, 0.2) is 0 Å². The minimum atomic E-state index is -0.445. The lowest BCUT2D eigenvalue weighted by Crippen LogP contribution is -2.43. The second-order valence-electron chi connectivity index (χ2n) is 6.09. The smallest absolute Gasteiger partial charge is 0.124 e. The third kappa shape index (κ3) is 3.55. The lowest BCUT2D eigenvalue weighted by molar-refractivity contribution is -0.101. The van der Waals surface area contributed by atoms with Crippen LogP contribution in [0.5, 0.6) is 0 Å². The van der Waals surface area contributed by atoms with Crippen LogP contribution in [0.25, 0.3) is 0 Å². The number of aliphatic hydroxyl groups excluding tert-OH is 1. The number of ether oxygens (including phenoxy) is 1. The van der Waals surface area contributed by atoms with Gasteiger partial charge in [-0.3, -0.25) is 0 Å². The first-order valence-corrected chi connectivity index (χ1v) is 8.95. The van der Waals surface area contributed by atoms with E-state index in [2.05, 4.69) is 0 Å². The molecule has 2 nitrogen and oxygen atoms in total. The van der Waals surface area contributed by atoms with Crippen LogP contribution in [0.4, 0.5) is 4.39 Å². The summed E-state index contributed by atoms with van der Waals surface area (Å²) in [5.74, 6) is 2.07. The first-order valence-electron chi connectivity index (χ1n) is 7.42. The van der Waals surface area contributed by atoms with Gasteiger partial charge in [-0.25, -0.2) is 4.39 Å². The largest absolute Gasteiger partial charge is 0.392 e. The van der Waals surface area contributed by atoms with Gasteiger partial charge in [0.2, 0.25) is 0 Å². The van der Waals surface area contributed by atoms with Crippen molar-refractivity contribution >= 4 is 23.4 Å². The number of hydrogen-bond acceptors (Lipinski definition) is 3. The third-order valence-electron chi connectivity index (χ3n) is 4.59. The number of hydrogen-bond donors (Lipinski definition) is 1. The van der Waals surface area contributed by atoms with E-state index >= 15 is 0 Å². The van der Waals surface area contributed by atoms with Crippen LogP contribution in [0.2, 0.25) is 5.02 Å². The van der Waals surface area contributed by atoms with E-state index in [4.69, 9.17) is 16.3 Å². The van der Waals surface area contributed by atoms with Gasteiger partial charge in [-0.15, -0.1) is 0 Å². The topological polar surface area (TPSA) is 29.5 Å². The molecule has 1 spiro atoms. The molecule has 0 amide bonds. The minimum Gasteiger partial charge on any atom is -0.392 e. The predicted octanol–water partition coefficient (Wildman–Crippen LogP) is 3.68. The van der Waals surface area contributed by atoms with Gasteiger partial charge in [0.1, 0.15) is 5.82 Å². The van der Waals surface area contributed by atoms with Crippen molar-refractivity contribution in [2.24, 2.45) is 5.92 Å². The maximum atomic E-state index is 13.1. The molecule has 3 rings (SSSR count). The first kappa shape index (κ1) is 15.6. The van der Waals surface area contributed by atoms with Crippen LogP contribution in [0.3, 0.4) is 0 Å². The Balaban J connectivity index is 1.65. The molecule has 21 heavy (non-hydrogen) atoms. The van der Waals surface area contributed by atoms with Gasteiger partial charge in [0, 0.05) is 23.8 Å². The van der Waals surface area contributed by atoms with E-state index in [1.807, 2.05) is 11.8 Å². The summed E-state index contributed by atoms with van der Waals surface area (Å²) in [5.41, 5.74) is 0.785. The Morgan fingerprint density at radius 2 is 2.38 bits per heavy atom. The molecule has 2 heterocycles. The molecule has 116 valence electrons. The highest BCUT2D eigenvalue weighted by Crippen LogP contribution is 2.41. The van der Waals surface area contributed by atoms with E-state index < -0.39 is 6.10 Å². The molecule has 2 saturated heterocycles. The Morgan fingerprint density at radius 3 is 3.10 bits per heavy atom. The minimum absolute atomic E-state index is 0.0266. The summed E-state index contributed by atoms with van der Waals surface area (Å²) in [6.07, 6.45) is 2.91. The zero-order valence-corrected chi connectivity index (χ0v) is 13.4. The number of thioether (sulfide) groups is 1. The Labute approximate surface area is 134 Å². The van der Waals surface area contributed by atoms with E-state index in [9.17, 15) is 9.50 Å². The van der Waals surface area contributed by atoms with E-state index in [1.54, 1.807) is 6.07 Å². The van der Waals surface area contributed by atoms with E-state index in [-0.39, 0.29) is 17.3 Å². The Hall–Kier alpha value is -0.290. The van der Waals surface area contributed by atoms with Crippen LogP contribution in [-0.4, -0.2) is 34.9 Å². The molecule has 3 atom stereocenters. The quantitative estimate of drug-likeness (QED) is 0.916. The van der Waals surface area contributed by atoms with Crippen LogP contribution < -0.4 is 0 Å². The summed E-state index contributed by atoms with van der Waals surface area (Å²) >= 11 is 7.99. The monoisotopic (exact) mass is 330 g/mol. The maximum absolute atomic E-state index is 13.1. The molecule has 1 aromatic carbocycles. The van der Waals surface area contributed by atoms with Crippen molar-refractivity contribution < 1.29 is 14.2 Å². The summed E-state index contributed by atoms with van der Waals surface area (Å²) in [6, 6.07) is 4.37. The van der Waals surface area contributed by atoms with Crippen LogP contribution in [0.1, 0.15) is 24.8 Å². The standard InChI is InChI=1S/C16H20ClFO2S/c17-14-8-13(18)2-1-11(14)7-15(19)12-3-5-20-16(9-12)4-6-21-10-16/h1-2,8,12,15,19H,3-7,9-10H2. The molecule has 0 aromatic heterocycles. The van der Waals surface area contributed by atoms with Gasteiger partial charge in [-0.05, 0) is 48.6 Å². The summed E-state index contributed by atoms with van der Waals surface area (Å²) in [7, 11) is 0. The Kier molecular flexibility index (Phi) is 4.79. The van der Waals surface area contributed by atoms with Gasteiger partial charge in [0.25, 0.3) is 0 Å². The third-order valence-corrected chi connectivity index (χ3v) is 6.16. The molecule has 5 heteroatoms. The lowest BCUT2D eigenvalue weighted by Gasteiger charge is -2.39. The predicted molar refractivity (Wildman–Crippen MR) is 84.5 cm³/mol. The zero-order valence-electron chi connectivity index (χ0n) is 11.9. The van der Waals surface area contributed by atoms with Crippen LogP contribution in [0.15, 0.2) is 18.2 Å². The van der Waals surface area contributed by atoms with E-state index in [1.165, 1.54) is 12.1 Å². The van der Waals surface area contributed by atoms with Crippen molar-refractivity contribution in [1.29, 1.82) is 0 Å². The number of rotatable bonds is 3. The van der Waals surface area contributed by atoms with Crippen molar-refractivity contribution in [3.63, 3.8) is 0 Å². The molecule has 2 aliphatic heterocycles. The number of benzene rings is 1. The van der Waals surface area contributed by atoms with Gasteiger partial charge < -0.3 is 9.84 Å². The van der Waals surface area contributed by atoms with Crippen LogP contribution >= 0.6 is 23.4 Å². The van der Waals surface area contributed by atoms with Crippen molar-refractivity contribution in [3.05, 3.63) is 34.6 Å². The second-order valence-corrected chi connectivity index (χ2v) is 7.61. The lowest BCUT2D eigenvalue weighted by atomic mass is 9.81. The summed E-state index contributed by atoms with van der Waals surface area (Å²) in [6.45, 7) is 0.722. The van der Waals surface area contributed by atoms with Crippen LogP contribution in [0, 0.1) is 11.7 Å². The molecule has 1 aromatic rings. The van der Waals surface area contributed by atoms with E-state index in [0.717, 1.165) is 42.9 Å². The fraction of sp³-hybridized carbons (Fsp3) is 0.625. The average molecular weight is 331 g/mol. The molecular weight excluding hydrogens is 311 g/mol. The van der Waals surface area contributed by atoms with E-state index in [0.29, 0.717) is 11.4 Å². The second kappa shape index (κ2) is 6.45. The first-order chi connectivity index (χ1) is 10.1. The molecule has 0 bridgehead atoms. The van der Waals surface area contributed by atoms with Crippen molar-refractivity contribution in [2.75, 3.05) is 18.1 Å². The molecule has 3 unspecified atom stereocenters. The zero-order chi connectivity index (χ0) is 14.9. The summed E-state index contributed by atoms with van der Waals surface area (Å²) in [5, 5.41) is 10.9. The van der Waals surface area contributed by atoms with Gasteiger partial charge in [-0.2, -0.15) is 11.8 Å². The van der Waals surface area contributed by atoms with Gasteiger partial charge in [0.05, 0.1) is 11.7 Å². The number of aliphatic hydroxyl groups is 1. The molecule has 2 fully saturated rings. The molecule has 0 aliphatic carbocycles. The number of halogens is 2. The van der Waals surface area contributed by atoms with Crippen molar-refractivity contribution in [2.45, 2.75) is 37.4 Å². The normalized spacial score (nSPS) is 30.7. The molecule has 0 radical (unpaired) electrons. The fourth-order valence-electron chi connectivity index (χ4n) is 3.34. The van der Waals surface area contributed by atoms with Gasteiger partial charge >= 0.3 is 0 Å². The van der Waals surface area contributed by atoms with Crippen molar-refractivity contribution in [1.82, 2.24) is 0 Å². The van der Waals surface area contributed by atoms with Crippen molar-refractivity contribution in [3.8, 4) is 0 Å². The molecule has 0 saturated carbocycles. The Bertz CT molecular complexity index is 505. The molecule has 2 aliphatic rings. The Morgan fingerprint density at radius 1 is 1.52 bits per heavy atom.